The molecule has 0 spiro atoms. The molecule has 0 heterocycles. The number of methoxy groups -OCH3 is 3. The normalized spacial score (nSPS) is 10.4. The number of nitrogens with two attached hydrogens (primary N) is 1. The first kappa shape index (κ1) is 13.8. The zero-order chi connectivity index (χ0) is 13.5. The molecule has 0 unspecified atom stereocenters. The molecule has 6 nitrogen and oxygen atoms in total. The van der Waals surface area contributed by atoms with Gasteiger partial charge in [-0.25, -0.2) is 0 Å². The third-order valence-corrected chi connectivity index (χ3v) is 2.23. The van der Waals surface area contributed by atoms with Gasteiger partial charge in [0.15, 0.2) is 11.5 Å². The highest BCUT2D eigenvalue weighted by Gasteiger charge is 2.14. The quantitative estimate of drug-likeness (QED) is 0.584. The van der Waals surface area contributed by atoms with Crippen LogP contribution in [0, 0.1) is 5.41 Å². The number of rotatable bonds is 6. The van der Waals surface area contributed by atoms with Crippen molar-refractivity contribution >= 4 is 12.1 Å². The molecule has 0 saturated heterocycles. The van der Waals surface area contributed by atoms with Gasteiger partial charge in [0.25, 0.3) is 0 Å². The van der Waals surface area contributed by atoms with Gasteiger partial charge in [-0.05, 0) is 12.1 Å². The SMILES string of the molecule is COc1ccc(C=NCC(=N)N)c(OC)c1OC. The molecule has 0 fully saturated rings. The largest absolute Gasteiger partial charge is 0.493 e. The topological polar surface area (TPSA) is 89.9 Å². The first-order chi connectivity index (χ1) is 8.63. The summed E-state index contributed by atoms with van der Waals surface area (Å²) in [6.45, 7) is 0.150. The minimum absolute atomic E-state index is 0.00527. The van der Waals surface area contributed by atoms with Crippen LogP contribution in [0.5, 0.6) is 17.2 Å². The van der Waals surface area contributed by atoms with E-state index < -0.39 is 0 Å². The van der Waals surface area contributed by atoms with Crippen molar-refractivity contribution < 1.29 is 14.2 Å². The Labute approximate surface area is 106 Å². The molecule has 18 heavy (non-hydrogen) atoms. The van der Waals surface area contributed by atoms with Crippen molar-refractivity contribution in [2.24, 2.45) is 10.7 Å². The fourth-order valence-corrected chi connectivity index (χ4v) is 1.47. The molecule has 0 radical (unpaired) electrons. The molecule has 0 amide bonds. The lowest BCUT2D eigenvalue weighted by Gasteiger charge is -2.13. The summed E-state index contributed by atoms with van der Waals surface area (Å²) >= 11 is 0. The summed E-state index contributed by atoms with van der Waals surface area (Å²) in [5.41, 5.74) is 5.96. The molecule has 0 aliphatic rings. The van der Waals surface area contributed by atoms with E-state index >= 15 is 0 Å². The molecule has 6 heteroatoms. The van der Waals surface area contributed by atoms with Crippen LogP contribution in [0.4, 0.5) is 0 Å². The van der Waals surface area contributed by atoms with Crippen molar-refractivity contribution in [2.75, 3.05) is 27.9 Å². The predicted octanol–water partition coefficient (Wildman–Crippen LogP) is 1.07. The molecule has 0 aromatic heterocycles. The monoisotopic (exact) mass is 251 g/mol. The Morgan fingerprint density at radius 1 is 1.22 bits per heavy atom. The lowest BCUT2D eigenvalue weighted by atomic mass is 10.2. The molecular formula is C12H17N3O3. The Balaban J connectivity index is 3.12. The minimum Gasteiger partial charge on any atom is -0.493 e. The van der Waals surface area contributed by atoms with Crippen LogP contribution in [-0.4, -0.2) is 39.9 Å². The number of nitrogens with zero attached hydrogens (tertiary/aromatic N) is 1. The Morgan fingerprint density at radius 2 is 1.89 bits per heavy atom. The standard InChI is InChI=1S/C12H17N3O3/c1-16-9-5-4-8(6-15-7-10(13)14)11(17-2)12(9)18-3/h4-6H,7H2,1-3H3,(H3,13,14). The van der Waals surface area contributed by atoms with Gasteiger partial charge in [-0.3, -0.25) is 10.4 Å². The van der Waals surface area contributed by atoms with Gasteiger partial charge >= 0.3 is 0 Å². The van der Waals surface area contributed by atoms with E-state index in [9.17, 15) is 0 Å². The smallest absolute Gasteiger partial charge is 0.203 e. The number of ether oxygens (including phenoxy) is 3. The molecule has 1 aromatic carbocycles. The molecule has 98 valence electrons. The van der Waals surface area contributed by atoms with Crippen molar-refractivity contribution in [3.05, 3.63) is 17.7 Å². The lowest BCUT2D eigenvalue weighted by Crippen LogP contribution is -2.13. The highest BCUT2D eigenvalue weighted by atomic mass is 16.5. The number of amidine groups is 1. The Hall–Kier alpha value is -2.24. The van der Waals surface area contributed by atoms with E-state index in [1.165, 1.54) is 7.11 Å². The van der Waals surface area contributed by atoms with E-state index in [2.05, 4.69) is 4.99 Å². The van der Waals surface area contributed by atoms with Gasteiger partial charge in [0.2, 0.25) is 5.75 Å². The molecule has 0 saturated carbocycles. The molecule has 3 N–H and O–H groups in total. The number of hydrogen-bond acceptors (Lipinski definition) is 5. The number of aliphatic imine (C=N–C) groups is 1. The Bertz CT molecular complexity index is 458. The molecule has 0 aliphatic heterocycles. The molecular weight excluding hydrogens is 234 g/mol. The average molecular weight is 251 g/mol. The number of nitrogens with one attached hydrogen (secondary N) is 1. The highest BCUT2D eigenvalue weighted by Crippen LogP contribution is 2.38. The summed E-state index contributed by atoms with van der Waals surface area (Å²) in [5, 5.41) is 7.09. The molecule has 1 aromatic rings. The van der Waals surface area contributed by atoms with E-state index in [4.69, 9.17) is 25.4 Å². The fraction of sp³-hybridized carbons (Fsp3) is 0.333. The van der Waals surface area contributed by atoms with E-state index in [1.54, 1.807) is 32.6 Å². The molecule has 0 atom stereocenters. The number of hydrogen-bond donors (Lipinski definition) is 2. The fourth-order valence-electron chi connectivity index (χ4n) is 1.47. The maximum atomic E-state index is 7.09. The lowest BCUT2D eigenvalue weighted by molar-refractivity contribution is 0.324. The summed E-state index contributed by atoms with van der Waals surface area (Å²) in [4.78, 5) is 4.03. The molecule has 1 rings (SSSR count). The van der Waals surface area contributed by atoms with Crippen molar-refractivity contribution in [3.63, 3.8) is 0 Å². The van der Waals surface area contributed by atoms with Gasteiger partial charge in [0.05, 0.1) is 27.9 Å². The maximum absolute atomic E-state index is 7.09. The van der Waals surface area contributed by atoms with Crippen LogP contribution in [0.2, 0.25) is 0 Å². The van der Waals surface area contributed by atoms with Crippen molar-refractivity contribution in [2.45, 2.75) is 0 Å². The first-order valence-corrected chi connectivity index (χ1v) is 5.25. The van der Waals surface area contributed by atoms with Crippen LogP contribution in [0.15, 0.2) is 17.1 Å². The second kappa shape index (κ2) is 6.48. The van der Waals surface area contributed by atoms with Crippen LogP contribution < -0.4 is 19.9 Å². The Kier molecular flexibility index (Phi) is 4.98. The van der Waals surface area contributed by atoms with Crippen molar-refractivity contribution in [1.82, 2.24) is 0 Å². The van der Waals surface area contributed by atoms with Gasteiger partial charge < -0.3 is 19.9 Å². The molecule has 0 bridgehead atoms. The van der Waals surface area contributed by atoms with Crippen LogP contribution >= 0.6 is 0 Å². The minimum atomic E-state index is 0.00527. The van der Waals surface area contributed by atoms with Crippen molar-refractivity contribution in [3.8, 4) is 17.2 Å². The summed E-state index contributed by atoms with van der Waals surface area (Å²) in [7, 11) is 4.64. The third-order valence-electron chi connectivity index (χ3n) is 2.23. The van der Waals surface area contributed by atoms with Gasteiger partial charge in [0.1, 0.15) is 5.84 Å². The summed E-state index contributed by atoms with van der Waals surface area (Å²) in [6.07, 6.45) is 1.59. The first-order valence-electron chi connectivity index (χ1n) is 5.25. The van der Waals surface area contributed by atoms with Crippen LogP contribution in [0.1, 0.15) is 5.56 Å². The van der Waals surface area contributed by atoms with Gasteiger partial charge in [-0.2, -0.15) is 0 Å². The maximum Gasteiger partial charge on any atom is 0.203 e. The highest BCUT2D eigenvalue weighted by molar-refractivity contribution is 5.88. The van der Waals surface area contributed by atoms with Crippen LogP contribution in [0.25, 0.3) is 0 Å². The molecule has 0 aliphatic carbocycles. The Morgan fingerprint density at radius 3 is 2.39 bits per heavy atom. The van der Waals surface area contributed by atoms with E-state index in [0.717, 1.165) is 5.56 Å². The number of benzene rings is 1. The van der Waals surface area contributed by atoms with Gasteiger partial charge in [0, 0.05) is 11.8 Å². The van der Waals surface area contributed by atoms with Gasteiger partial charge in [-0.1, -0.05) is 0 Å². The second-order valence-corrected chi connectivity index (χ2v) is 3.42. The van der Waals surface area contributed by atoms with Crippen molar-refractivity contribution in [1.29, 1.82) is 5.41 Å². The average Bonchev–Trinajstić information content (AvgIpc) is 2.37. The summed E-state index contributed by atoms with van der Waals surface area (Å²) in [5.74, 6) is 1.62. The van der Waals surface area contributed by atoms with E-state index in [1.807, 2.05) is 0 Å². The zero-order valence-corrected chi connectivity index (χ0v) is 10.7. The van der Waals surface area contributed by atoms with E-state index in [-0.39, 0.29) is 12.4 Å². The van der Waals surface area contributed by atoms with E-state index in [0.29, 0.717) is 17.2 Å². The zero-order valence-electron chi connectivity index (χ0n) is 10.7. The summed E-state index contributed by atoms with van der Waals surface area (Å²) in [6, 6.07) is 3.56. The predicted molar refractivity (Wildman–Crippen MR) is 70.5 cm³/mol. The second-order valence-electron chi connectivity index (χ2n) is 3.42. The summed E-state index contributed by atoms with van der Waals surface area (Å²) < 4.78 is 15.7. The van der Waals surface area contributed by atoms with Gasteiger partial charge in [-0.15, -0.1) is 0 Å². The van der Waals surface area contributed by atoms with Crippen LogP contribution in [-0.2, 0) is 0 Å². The van der Waals surface area contributed by atoms with Crippen LogP contribution in [0.3, 0.4) is 0 Å². The third kappa shape index (κ3) is 3.13.